The summed E-state index contributed by atoms with van der Waals surface area (Å²) in [4.78, 5) is 11.0. The van der Waals surface area contributed by atoms with Gasteiger partial charge in [0.1, 0.15) is 0 Å². The lowest BCUT2D eigenvalue weighted by molar-refractivity contribution is -0.137. The normalized spacial score (nSPS) is 19.3. The molecule has 1 fully saturated rings. The third-order valence-corrected chi connectivity index (χ3v) is 5.61. The molecule has 1 saturated heterocycles. The van der Waals surface area contributed by atoms with E-state index in [4.69, 9.17) is 10.4 Å². The number of carboxylic acid groups (broad SMARTS) is 1. The summed E-state index contributed by atoms with van der Waals surface area (Å²) in [6.45, 7) is 2.01. The lowest BCUT2D eigenvalue weighted by Crippen LogP contribution is -2.36. The summed E-state index contributed by atoms with van der Waals surface area (Å²) < 4.78 is 26.5. The molecule has 1 aliphatic heterocycles. The average molecular weight is 308 g/mol. The Morgan fingerprint density at radius 3 is 2.81 bits per heavy atom. The van der Waals surface area contributed by atoms with Crippen molar-refractivity contribution in [3.8, 4) is 6.07 Å². The third kappa shape index (κ3) is 3.06. The van der Waals surface area contributed by atoms with Gasteiger partial charge in [0.2, 0.25) is 10.0 Å². The van der Waals surface area contributed by atoms with Gasteiger partial charge in [-0.3, -0.25) is 4.79 Å². The fourth-order valence-corrected chi connectivity index (χ4v) is 4.37. The standard InChI is InChI=1S/C14H16N2O4S/c1-10-7-13(5-4-11(10)9-15)21(19,20)16-6-2-3-12(16)8-14(17)18/h4-5,7,12H,2-3,6,8H2,1H3,(H,17,18). The molecule has 1 aliphatic rings. The van der Waals surface area contributed by atoms with Crippen LogP contribution in [0.2, 0.25) is 0 Å². The molecule has 0 aliphatic carbocycles. The number of carbonyl (C=O) groups is 1. The van der Waals surface area contributed by atoms with E-state index in [1.807, 2.05) is 6.07 Å². The molecule has 1 aromatic rings. The number of nitriles is 1. The van der Waals surface area contributed by atoms with Crippen LogP contribution >= 0.6 is 0 Å². The predicted octanol–water partition coefficient (Wildman–Crippen LogP) is 1.49. The van der Waals surface area contributed by atoms with E-state index >= 15 is 0 Å². The third-order valence-electron chi connectivity index (χ3n) is 3.66. The van der Waals surface area contributed by atoms with Gasteiger partial charge in [0, 0.05) is 12.6 Å². The predicted molar refractivity (Wildman–Crippen MR) is 75.1 cm³/mol. The topological polar surface area (TPSA) is 98.5 Å². The maximum absolute atomic E-state index is 12.6. The van der Waals surface area contributed by atoms with Gasteiger partial charge in [-0.05, 0) is 43.5 Å². The fraction of sp³-hybridized carbons (Fsp3) is 0.429. The van der Waals surface area contributed by atoms with Crippen molar-refractivity contribution in [1.82, 2.24) is 4.31 Å². The Morgan fingerprint density at radius 1 is 1.52 bits per heavy atom. The van der Waals surface area contributed by atoms with Gasteiger partial charge >= 0.3 is 5.97 Å². The van der Waals surface area contributed by atoms with Gasteiger partial charge in [-0.2, -0.15) is 9.57 Å². The molecule has 112 valence electrons. The highest BCUT2D eigenvalue weighted by atomic mass is 32.2. The molecule has 0 amide bonds. The number of hydrogen-bond acceptors (Lipinski definition) is 4. The minimum atomic E-state index is -3.72. The van der Waals surface area contributed by atoms with E-state index in [0.717, 1.165) is 0 Å². The molecule has 0 bridgehead atoms. The van der Waals surface area contributed by atoms with E-state index in [0.29, 0.717) is 30.5 Å². The van der Waals surface area contributed by atoms with Crippen LogP contribution in [0.3, 0.4) is 0 Å². The van der Waals surface area contributed by atoms with Crippen molar-refractivity contribution in [2.75, 3.05) is 6.54 Å². The van der Waals surface area contributed by atoms with E-state index in [9.17, 15) is 13.2 Å². The molecule has 1 N–H and O–H groups in total. The van der Waals surface area contributed by atoms with E-state index in [1.165, 1.54) is 22.5 Å². The first-order valence-electron chi connectivity index (χ1n) is 6.60. The number of rotatable bonds is 4. The van der Waals surface area contributed by atoms with Gasteiger partial charge in [-0.25, -0.2) is 8.42 Å². The van der Waals surface area contributed by atoms with Crippen LogP contribution in [0.4, 0.5) is 0 Å². The fourth-order valence-electron chi connectivity index (χ4n) is 2.59. The Bertz CT molecular complexity index is 706. The molecule has 0 spiro atoms. The lowest BCUT2D eigenvalue weighted by atomic mass is 10.1. The maximum Gasteiger partial charge on any atom is 0.304 e. The van der Waals surface area contributed by atoms with Crippen molar-refractivity contribution in [2.45, 2.75) is 37.1 Å². The SMILES string of the molecule is Cc1cc(S(=O)(=O)N2CCCC2CC(=O)O)ccc1C#N. The number of nitrogens with zero attached hydrogens (tertiary/aromatic N) is 2. The Hall–Kier alpha value is -1.91. The van der Waals surface area contributed by atoms with Crippen LogP contribution in [-0.4, -0.2) is 36.4 Å². The zero-order chi connectivity index (χ0) is 15.6. The van der Waals surface area contributed by atoms with Gasteiger partial charge < -0.3 is 5.11 Å². The molecule has 1 heterocycles. The summed E-state index contributed by atoms with van der Waals surface area (Å²) in [5.74, 6) is -1.00. The number of carboxylic acids is 1. The zero-order valence-electron chi connectivity index (χ0n) is 11.6. The van der Waals surface area contributed by atoms with E-state index in [2.05, 4.69) is 0 Å². The molecule has 2 rings (SSSR count). The van der Waals surface area contributed by atoms with Crippen LogP contribution in [0, 0.1) is 18.3 Å². The van der Waals surface area contributed by atoms with Crippen molar-refractivity contribution in [3.05, 3.63) is 29.3 Å². The van der Waals surface area contributed by atoms with Crippen LogP contribution in [0.25, 0.3) is 0 Å². The minimum Gasteiger partial charge on any atom is -0.481 e. The lowest BCUT2D eigenvalue weighted by Gasteiger charge is -2.23. The maximum atomic E-state index is 12.6. The summed E-state index contributed by atoms with van der Waals surface area (Å²) in [5, 5.41) is 17.8. The van der Waals surface area contributed by atoms with Gasteiger partial charge in [0.25, 0.3) is 0 Å². The second-order valence-corrected chi connectivity index (χ2v) is 6.99. The minimum absolute atomic E-state index is 0.108. The van der Waals surface area contributed by atoms with E-state index in [-0.39, 0.29) is 11.3 Å². The van der Waals surface area contributed by atoms with Gasteiger partial charge in [0.15, 0.2) is 0 Å². The molecule has 1 unspecified atom stereocenters. The number of aryl methyl sites for hydroxylation is 1. The monoisotopic (exact) mass is 308 g/mol. The zero-order valence-corrected chi connectivity index (χ0v) is 12.4. The first kappa shape index (κ1) is 15.5. The van der Waals surface area contributed by atoms with Crippen LogP contribution in [0.15, 0.2) is 23.1 Å². The molecule has 0 saturated carbocycles. The molecular weight excluding hydrogens is 292 g/mol. The average Bonchev–Trinajstić information content (AvgIpc) is 2.86. The molecule has 21 heavy (non-hydrogen) atoms. The second kappa shape index (κ2) is 5.84. The second-order valence-electron chi connectivity index (χ2n) is 5.10. The Balaban J connectivity index is 2.35. The van der Waals surface area contributed by atoms with Crippen molar-refractivity contribution in [1.29, 1.82) is 5.26 Å². The number of hydrogen-bond donors (Lipinski definition) is 1. The number of aliphatic carboxylic acids is 1. The quantitative estimate of drug-likeness (QED) is 0.908. The number of benzene rings is 1. The Kier molecular flexibility index (Phi) is 4.30. The molecular formula is C14H16N2O4S. The molecule has 0 aromatic heterocycles. The van der Waals surface area contributed by atoms with E-state index in [1.54, 1.807) is 6.92 Å². The highest BCUT2D eigenvalue weighted by Crippen LogP contribution is 2.28. The summed E-state index contributed by atoms with van der Waals surface area (Å²) >= 11 is 0. The summed E-state index contributed by atoms with van der Waals surface area (Å²) in [7, 11) is -3.72. The van der Waals surface area contributed by atoms with Crippen LogP contribution in [0.5, 0.6) is 0 Å². The number of sulfonamides is 1. The first-order chi connectivity index (χ1) is 9.86. The molecule has 6 nitrogen and oxygen atoms in total. The molecule has 0 radical (unpaired) electrons. The largest absolute Gasteiger partial charge is 0.481 e. The van der Waals surface area contributed by atoms with Crippen LogP contribution < -0.4 is 0 Å². The molecule has 1 aromatic carbocycles. The summed E-state index contributed by atoms with van der Waals surface area (Å²) in [6.07, 6.45) is 1.03. The van der Waals surface area contributed by atoms with Gasteiger partial charge in [-0.15, -0.1) is 0 Å². The van der Waals surface area contributed by atoms with E-state index < -0.39 is 22.0 Å². The van der Waals surface area contributed by atoms with Crippen molar-refractivity contribution in [3.63, 3.8) is 0 Å². The first-order valence-corrected chi connectivity index (χ1v) is 8.04. The summed E-state index contributed by atoms with van der Waals surface area (Å²) in [5.41, 5.74) is 1.02. The van der Waals surface area contributed by atoms with Crippen molar-refractivity contribution >= 4 is 16.0 Å². The van der Waals surface area contributed by atoms with Crippen molar-refractivity contribution in [2.24, 2.45) is 0 Å². The smallest absolute Gasteiger partial charge is 0.304 e. The Morgan fingerprint density at radius 2 is 2.24 bits per heavy atom. The van der Waals surface area contributed by atoms with Crippen LogP contribution in [-0.2, 0) is 14.8 Å². The molecule has 7 heteroatoms. The molecule has 1 atom stereocenters. The summed E-state index contributed by atoms with van der Waals surface area (Å²) in [6, 6.07) is 5.83. The highest BCUT2D eigenvalue weighted by molar-refractivity contribution is 7.89. The van der Waals surface area contributed by atoms with Crippen LogP contribution in [0.1, 0.15) is 30.4 Å². The highest BCUT2D eigenvalue weighted by Gasteiger charge is 2.36. The van der Waals surface area contributed by atoms with Gasteiger partial charge in [-0.1, -0.05) is 0 Å². The van der Waals surface area contributed by atoms with Crippen molar-refractivity contribution < 1.29 is 18.3 Å². The van der Waals surface area contributed by atoms with Gasteiger partial charge in [0.05, 0.1) is 22.9 Å². The Labute approximate surface area is 123 Å².